The normalized spacial score (nSPS) is 34.1. The number of nitrogens with zero attached hydrogens (tertiary/aromatic N) is 1. The number of piperidine rings is 1. The largest absolute Gasteiger partial charge is 0.338 e. The van der Waals surface area contributed by atoms with E-state index in [4.69, 9.17) is 0 Å². The average Bonchev–Trinajstić information content (AvgIpc) is 2.72. The molecule has 5 fully saturated rings. The molecule has 2 N–H and O–H groups in total. The lowest BCUT2D eigenvalue weighted by molar-refractivity contribution is -0.0135. The van der Waals surface area contributed by atoms with Crippen molar-refractivity contribution in [2.24, 2.45) is 23.7 Å². The molecule has 0 aromatic heterocycles. The Morgan fingerprint density at radius 2 is 1.53 bits per heavy atom. The van der Waals surface area contributed by atoms with E-state index in [2.05, 4.69) is 10.6 Å². The van der Waals surface area contributed by atoms with Crippen molar-refractivity contribution < 1.29 is 13.2 Å². The molecule has 6 nitrogen and oxygen atoms in total. The van der Waals surface area contributed by atoms with Gasteiger partial charge in [0.25, 0.3) is 0 Å². The summed E-state index contributed by atoms with van der Waals surface area (Å²) in [7, 11) is -3.41. The molecule has 4 bridgehead atoms. The molecule has 2 amide bonds. The molecule has 6 rings (SSSR count). The number of sulfonamides is 1. The summed E-state index contributed by atoms with van der Waals surface area (Å²) in [5.41, 5.74) is 0.0337. The SMILES string of the molecule is O=C(NCC1CCN(S(=O)(=O)c2ccccc2)CC1)NC12CC3CC(CC(C3)C1)C2. The van der Waals surface area contributed by atoms with Gasteiger partial charge in [0.1, 0.15) is 0 Å². The Balaban J connectivity index is 1.10. The van der Waals surface area contributed by atoms with Crippen molar-refractivity contribution in [3.8, 4) is 0 Å². The van der Waals surface area contributed by atoms with E-state index >= 15 is 0 Å². The minimum absolute atomic E-state index is 0.0312. The zero-order valence-electron chi connectivity index (χ0n) is 17.6. The molecule has 164 valence electrons. The summed E-state index contributed by atoms with van der Waals surface area (Å²) in [6.07, 6.45) is 9.13. The van der Waals surface area contributed by atoms with Crippen LogP contribution in [0.2, 0.25) is 0 Å². The van der Waals surface area contributed by atoms with E-state index in [0.717, 1.165) is 49.9 Å². The van der Waals surface area contributed by atoms with Crippen LogP contribution in [0.4, 0.5) is 4.79 Å². The van der Waals surface area contributed by atoms with Gasteiger partial charge in [-0.25, -0.2) is 13.2 Å². The van der Waals surface area contributed by atoms with Gasteiger partial charge in [-0.15, -0.1) is 0 Å². The van der Waals surface area contributed by atoms with Gasteiger partial charge in [-0.05, 0) is 87.2 Å². The van der Waals surface area contributed by atoms with E-state index in [0.29, 0.717) is 30.4 Å². The van der Waals surface area contributed by atoms with Crippen molar-refractivity contribution in [2.75, 3.05) is 19.6 Å². The lowest BCUT2D eigenvalue weighted by Crippen LogP contribution is -2.61. The highest BCUT2D eigenvalue weighted by atomic mass is 32.2. The number of hydrogen-bond donors (Lipinski definition) is 2. The second-order valence-corrected chi connectivity index (χ2v) is 12.1. The third-order valence-corrected chi connectivity index (χ3v) is 9.84. The molecule has 0 atom stereocenters. The fourth-order valence-electron chi connectivity index (χ4n) is 6.88. The smallest absolute Gasteiger partial charge is 0.315 e. The maximum atomic E-state index is 12.8. The minimum Gasteiger partial charge on any atom is -0.338 e. The van der Waals surface area contributed by atoms with Crippen molar-refractivity contribution in [2.45, 2.75) is 61.8 Å². The Morgan fingerprint density at radius 1 is 0.967 bits per heavy atom. The average molecular weight is 432 g/mol. The quantitative estimate of drug-likeness (QED) is 0.750. The van der Waals surface area contributed by atoms with Crippen LogP contribution in [0.3, 0.4) is 0 Å². The van der Waals surface area contributed by atoms with Gasteiger partial charge in [-0.1, -0.05) is 18.2 Å². The van der Waals surface area contributed by atoms with Gasteiger partial charge in [0.15, 0.2) is 0 Å². The monoisotopic (exact) mass is 431 g/mol. The highest BCUT2D eigenvalue weighted by Crippen LogP contribution is 2.55. The number of amides is 2. The fourth-order valence-corrected chi connectivity index (χ4v) is 8.37. The Hall–Kier alpha value is -1.60. The number of nitrogens with one attached hydrogen (secondary N) is 2. The van der Waals surface area contributed by atoms with Gasteiger partial charge in [0.05, 0.1) is 4.90 Å². The lowest BCUT2D eigenvalue weighted by atomic mass is 9.53. The summed E-state index contributed by atoms with van der Waals surface area (Å²) in [6, 6.07) is 8.61. The Bertz CT molecular complexity index is 843. The van der Waals surface area contributed by atoms with E-state index in [1.54, 1.807) is 28.6 Å². The molecule has 0 radical (unpaired) electrons. The molecular weight excluding hydrogens is 398 g/mol. The van der Waals surface area contributed by atoms with Crippen LogP contribution in [-0.4, -0.2) is 43.9 Å². The number of carbonyl (C=O) groups is 1. The predicted molar refractivity (Wildman–Crippen MR) is 115 cm³/mol. The summed E-state index contributed by atoms with van der Waals surface area (Å²) < 4.78 is 27.1. The van der Waals surface area contributed by atoms with Crippen LogP contribution >= 0.6 is 0 Å². The van der Waals surface area contributed by atoms with E-state index in [1.807, 2.05) is 6.07 Å². The standard InChI is InChI=1S/C23H33N3O3S/c27-22(25-23-13-18-10-19(14-23)12-20(11-18)15-23)24-16-17-6-8-26(9-7-17)30(28,29)21-4-2-1-3-5-21/h1-5,17-20H,6-16H2,(H2,24,25,27). The summed E-state index contributed by atoms with van der Waals surface area (Å²) in [5, 5.41) is 6.46. The Labute approximate surface area is 179 Å². The molecule has 1 heterocycles. The molecule has 1 aromatic rings. The molecule has 4 aliphatic carbocycles. The molecule has 1 saturated heterocycles. The molecule has 4 saturated carbocycles. The molecule has 7 heteroatoms. The van der Waals surface area contributed by atoms with Crippen molar-refractivity contribution in [1.82, 2.24) is 14.9 Å². The molecule has 0 spiro atoms. The minimum atomic E-state index is -3.41. The van der Waals surface area contributed by atoms with Crippen LogP contribution < -0.4 is 10.6 Å². The third kappa shape index (κ3) is 3.98. The van der Waals surface area contributed by atoms with Crippen LogP contribution in [-0.2, 0) is 10.0 Å². The fraction of sp³-hybridized carbons (Fsp3) is 0.696. The topological polar surface area (TPSA) is 78.5 Å². The third-order valence-electron chi connectivity index (χ3n) is 7.92. The van der Waals surface area contributed by atoms with Crippen molar-refractivity contribution in [3.63, 3.8) is 0 Å². The second kappa shape index (κ2) is 7.83. The van der Waals surface area contributed by atoms with Crippen LogP contribution in [0.25, 0.3) is 0 Å². The first-order valence-electron chi connectivity index (χ1n) is 11.5. The molecule has 0 unspecified atom stereocenters. The Morgan fingerprint density at radius 3 is 2.10 bits per heavy atom. The van der Waals surface area contributed by atoms with E-state index < -0.39 is 10.0 Å². The number of rotatable bonds is 5. The van der Waals surface area contributed by atoms with Crippen LogP contribution in [0.15, 0.2) is 35.2 Å². The Kier molecular flexibility index (Phi) is 5.30. The number of urea groups is 1. The maximum absolute atomic E-state index is 12.8. The highest BCUT2D eigenvalue weighted by Gasteiger charge is 2.51. The first-order valence-corrected chi connectivity index (χ1v) is 13.0. The summed E-state index contributed by atoms with van der Waals surface area (Å²) in [4.78, 5) is 13.0. The summed E-state index contributed by atoms with van der Waals surface area (Å²) in [6.45, 7) is 1.65. The summed E-state index contributed by atoms with van der Waals surface area (Å²) in [5.74, 6) is 2.77. The van der Waals surface area contributed by atoms with Crippen molar-refractivity contribution in [1.29, 1.82) is 0 Å². The first kappa shape index (κ1) is 20.3. The van der Waals surface area contributed by atoms with Gasteiger partial charge in [0, 0.05) is 25.2 Å². The van der Waals surface area contributed by atoms with Crippen molar-refractivity contribution in [3.05, 3.63) is 30.3 Å². The molecule has 1 aromatic carbocycles. The van der Waals surface area contributed by atoms with Crippen LogP contribution in [0.5, 0.6) is 0 Å². The van der Waals surface area contributed by atoms with Crippen LogP contribution in [0, 0.1) is 23.7 Å². The molecule has 1 aliphatic heterocycles. The number of carbonyl (C=O) groups excluding carboxylic acids is 1. The van der Waals surface area contributed by atoms with Crippen molar-refractivity contribution >= 4 is 16.1 Å². The highest BCUT2D eigenvalue weighted by molar-refractivity contribution is 7.89. The van der Waals surface area contributed by atoms with Crippen LogP contribution in [0.1, 0.15) is 51.4 Å². The number of benzene rings is 1. The van der Waals surface area contributed by atoms with Gasteiger partial charge >= 0.3 is 6.03 Å². The molecule has 5 aliphatic rings. The van der Waals surface area contributed by atoms with Gasteiger partial charge in [-0.2, -0.15) is 4.31 Å². The predicted octanol–water partition coefficient (Wildman–Crippen LogP) is 3.36. The summed E-state index contributed by atoms with van der Waals surface area (Å²) >= 11 is 0. The maximum Gasteiger partial charge on any atom is 0.315 e. The molecular formula is C23H33N3O3S. The van der Waals surface area contributed by atoms with E-state index in [1.165, 1.54) is 19.3 Å². The van der Waals surface area contributed by atoms with Gasteiger partial charge in [0.2, 0.25) is 10.0 Å². The zero-order valence-corrected chi connectivity index (χ0v) is 18.4. The van der Waals surface area contributed by atoms with E-state index in [-0.39, 0.29) is 11.6 Å². The number of hydrogen-bond acceptors (Lipinski definition) is 3. The van der Waals surface area contributed by atoms with Gasteiger partial charge in [-0.3, -0.25) is 0 Å². The first-order chi connectivity index (χ1) is 14.4. The second-order valence-electron chi connectivity index (χ2n) is 10.2. The van der Waals surface area contributed by atoms with E-state index in [9.17, 15) is 13.2 Å². The molecule has 30 heavy (non-hydrogen) atoms. The van der Waals surface area contributed by atoms with Gasteiger partial charge < -0.3 is 10.6 Å². The zero-order chi connectivity index (χ0) is 20.8. The lowest BCUT2D eigenvalue weighted by Gasteiger charge is -2.56.